The van der Waals surface area contributed by atoms with Gasteiger partial charge in [-0.15, -0.1) is 11.8 Å². The maximum atomic E-state index is 8.58. The van der Waals surface area contributed by atoms with Crippen LogP contribution in [0.15, 0.2) is 72.4 Å². The Hall–Kier alpha value is -3.03. The number of aliphatic imine (C=N–C) groups is 1. The number of carbonyl (C=O) groups excluding carboxylic acids is 1. The van der Waals surface area contributed by atoms with E-state index in [0.717, 1.165) is 34.4 Å². The molecule has 0 radical (unpaired) electrons. The highest BCUT2D eigenvalue weighted by Crippen LogP contribution is 2.31. The number of nitrogens with zero attached hydrogens (tertiary/aromatic N) is 2. The summed E-state index contributed by atoms with van der Waals surface area (Å²) >= 11 is 1.84. The van der Waals surface area contributed by atoms with Crippen LogP contribution >= 0.6 is 11.8 Å². The van der Waals surface area contributed by atoms with Crippen LogP contribution in [0.2, 0.25) is 0 Å². The molecule has 1 aliphatic heterocycles. The van der Waals surface area contributed by atoms with Crippen molar-refractivity contribution < 1.29 is 14.3 Å². The Morgan fingerprint density at radius 3 is 2.58 bits per heavy atom. The summed E-state index contributed by atoms with van der Waals surface area (Å²) in [6, 6.07) is 16.7. The summed E-state index contributed by atoms with van der Waals surface area (Å²) in [5.41, 5.74) is 7.54. The number of nitrogens with two attached hydrogens (primary N) is 1. The van der Waals surface area contributed by atoms with Gasteiger partial charge in [0.05, 0.1) is 19.3 Å². The van der Waals surface area contributed by atoms with E-state index in [9.17, 15) is 0 Å². The lowest BCUT2D eigenvalue weighted by Crippen LogP contribution is -2.35. The first kappa shape index (κ1) is 29.2. The molecule has 0 aromatic heterocycles. The van der Waals surface area contributed by atoms with Crippen molar-refractivity contribution in [2.24, 2.45) is 16.6 Å². The Morgan fingerprint density at radius 2 is 1.92 bits per heavy atom. The summed E-state index contributed by atoms with van der Waals surface area (Å²) in [6.07, 6.45) is 7.83. The second-order valence-electron chi connectivity index (χ2n) is 8.51. The molecular weight excluding hydrogens is 470 g/mol. The molecule has 1 unspecified atom stereocenters. The Balaban J connectivity index is 0.00000145. The van der Waals surface area contributed by atoms with Gasteiger partial charge in [0.2, 0.25) is 6.41 Å². The molecule has 2 N–H and O–H groups in total. The number of allylic oxidation sites excluding steroid dienone is 2. The van der Waals surface area contributed by atoms with Crippen molar-refractivity contribution >= 4 is 28.8 Å². The molecule has 1 fully saturated rings. The molecule has 6 nitrogen and oxygen atoms in total. The minimum absolute atomic E-state index is 0.250. The zero-order valence-corrected chi connectivity index (χ0v) is 22.5. The Labute approximate surface area is 220 Å². The summed E-state index contributed by atoms with van der Waals surface area (Å²) in [4.78, 5) is 15.9. The maximum absolute atomic E-state index is 8.58. The quantitative estimate of drug-likeness (QED) is 0.190. The van der Waals surface area contributed by atoms with E-state index in [2.05, 4.69) is 59.5 Å². The van der Waals surface area contributed by atoms with E-state index in [1.54, 1.807) is 14.2 Å². The number of benzene rings is 2. The van der Waals surface area contributed by atoms with E-state index >= 15 is 0 Å². The Morgan fingerprint density at radius 1 is 1.19 bits per heavy atom. The first-order valence-electron chi connectivity index (χ1n) is 12.2. The second kappa shape index (κ2) is 16.6. The average molecular weight is 510 g/mol. The fourth-order valence-corrected chi connectivity index (χ4v) is 5.08. The number of ether oxygens (including phenoxy) is 2. The molecule has 194 valence electrons. The van der Waals surface area contributed by atoms with Crippen LogP contribution in [0.25, 0.3) is 5.57 Å². The Bertz CT molecular complexity index is 1010. The lowest BCUT2D eigenvalue weighted by Gasteiger charge is -2.32. The molecule has 0 saturated carbocycles. The van der Waals surface area contributed by atoms with Gasteiger partial charge in [0.25, 0.3) is 0 Å². The lowest BCUT2D eigenvalue weighted by atomic mass is 9.95. The average Bonchev–Trinajstić information content (AvgIpc) is 2.90. The van der Waals surface area contributed by atoms with Crippen LogP contribution < -0.4 is 15.2 Å². The number of carbonyl (C=O) groups is 1. The number of rotatable bonds is 10. The van der Waals surface area contributed by atoms with Gasteiger partial charge in [-0.05, 0) is 73.2 Å². The molecule has 0 bridgehead atoms. The molecule has 1 atom stereocenters. The predicted octanol–water partition coefficient (Wildman–Crippen LogP) is 5.79. The molecule has 7 heteroatoms. The van der Waals surface area contributed by atoms with Crippen LogP contribution in [-0.4, -0.2) is 49.4 Å². The van der Waals surface area contributed by atoms with E-state index in [4.69, 9.17) is 14.3 Å². The van der Waals surface area contributed by atoms with Crippen molar-refractivity contribution in [2.45, 2.75) is 32.7 Å². The third-order valence-electron chi connectivity index (χ3n) is 6.01. The van der Waals surface area contributed by atoms with E-state index in [0.29, 0.717) is 11.5 Å². The second-order valence-corrected chi connectivity index (χ2v) is 9.80. The highest BCUT2D eigenvalue weighted by atomic mass is 32.2. The SMILES string of the molecule is C=C/C(=C\N=C(C)SCCC1CCCN(Cc2ccccc2)C1)c1ccc(OC)c(OC)c1.NC=O. The molecular formula is C29H39N3O3S. The van der Waals surface area contributed by atoms with E-state index in [-0.39, 0.29) is 6.41 Å². The van der Waals surface area contributed by atoms with Crippen molar-refractivity contribution in [3.63, 3.8) is 0 Å². The molecule has 1 heterocycles. The normalized spacial score (nSPS) is 16.5. The summed E-state index contributed by atoms with van der Waals surface area (Å²) < 4.78 is 10.7. The number of amides is 1. The number of likely N-dealkylation sites (tertiary alicyclic amines) is 1. The van der Waals surface area contributed by atoms with Gasteiger partial charge in [-0.3, -0.25) is 14.7 Å². The van der Waals surface area contributed by atoms with Crippen LogP contribution in [0.4, 0.5) is 0 Å². The van der Waals surface area contributed by atoms with Crippen molar-refractivity contribution in [2.75, 3.05) is 33.1 Å². The summed E-state index contributed by atoms with van der Waals surface area (Å²) in [7, 11) is 3.28. The van der Waals surface area contributed by atoms with Crippen LogP contribution in [0.5, 0.6) is 11.5 Å². The van der Waals surface area contributed by atoms with Gasteiger partial charge in [-0.1, -0.05) is 49.1 Å². The fraction of sp³-hybridized carbons (Fsp3) is 0.379. The number of primary amides is 1. The van der Waals surface area contributed by atoms with Crippen LogP contribution in [0.3, 0.4) is 0 Å². The standard InChI is InChI=1S/C28H36N2O2S.CH3NO/c1-5-25(26-13-14-27(31-3)28(18-26)32-4)19-29-22(2)33-17-15-24-12-9-16-30(21-24)20-23-10-7-6-8-11-23;2-1-3/h5-8,10-11,13-14,18-19,24H,1,9,12,15-17,20-21H2,2-4H3;1H,(H2,2,3)/b25-19+,29-22?;. The zero-order valence-electron chi connectivity index (χ0n) is 21.7. The topological polar surface area (TPSA) is 77.2 Å². The number of hydrogen-bond donors (Lipinski definition) is 1. The minimum Gasteiger partial charge on any atom is -0.493 e. The van der Waals surface area contributed by atoms with Gasteiger partial charge in [0, 0.05) is 19.3 Å². The summed E-state index contributed by atoms with van der Waals surface area (Å²) in [6.45, 7) is 9.51. The molecule has 1 amide bonds. The van der Waals surface area contributed by atoms with Crippen molar-refractivity contribution in [1.29, 1.82) is 0 Å². The number of hydrogen-bond acceptors (Lipinski definition) is 6. The van der Waals surface area contributed by atoms with Crippen LogP contribution in [-0.2, 0) is 11.3 Å². The molecule has 0 aliphatic carbocycles. The van der Waals surface area contributed by atoms with Crippen LogP contribution in [0, 0.1) is 5.92 Å². The molecule has 0 spiro atoms. The smallest absolute Gasteiger partial charge is 0.204 e. The van der Waals surface area contributed by atoms with E-state index in [1.807, 2.05) is 42.2 Å². The largest absolute Gasteiger partial charge is 0.493 e. The van der Waals surface area contributed by atoms with E-state index in [1.165, 1.54) is 37.9 Å². The first-order valence-corrected chi connectivity index (χ1v) is 13.2. The highest BCUT2D eigenvalue weighted by Gasteiger charge is 2.19. The third kappa shape index (κ3) is 9.91. The molecule has 2 aromatic rings. The van der Waals surface area contributed by atoms with E-state index < -0.39 is 0 Å². The number of methoxy groups -OCH3 is 2. The predicted molar refractivity (Wildman–Crippen MR) is 153 cm³/mol. The van der Waals surface area contributed by atoms with Gasteiger partial charge < -0.3 is 15.2 Å². The molecule has 1 saturated heterocycles. The fourth-order valence-electron chi connectivity index (χ4n) is 4.20. The van der Waals surface area contributed by atoms with Crippen molar-refractivity contribution in [3.8, 4) is 11.5 Å². The molecule has 1 aliphatic rings. The molecule has 3 rings (SSSR count). The minimum atomic E-state index is 0.250. The number of piperidine rings is 1. The summed E-state index contributed by atoms with van der Waals surface area (Å²) in [5, 5.41) is 1.08. The van der Waals surface area contributed by atoms with Gasteiger partial charge in [-0.2, -0.15) is 0 Å². The first-order chi connectivity index (χ1) is 17.5. The third-order valence-corrected chi connectivity index (χ3v) is 6.97. The van der Waals surface area contributed by atoms with Crippen molar-refractivity contribution in [1.82, 2.24) is 4.90 Å². The van der Waals surface area contributed by atoms with Gasteiger partial charge in [-0.25, -0.2) is 0 Å². The van der Waals surface area contributed by atoms with Crippen molar-refractivity contribution in [3.05, 3.63) is 78.5 Å². The number of thioether (sulfide) groups is 1. The molecule has 2 aromatic carbocycles. The maximum Gasteiger partial charge on any atom is 0.204 e. The Kier molecular flexibility index (Phi) is 13.5. The van der Waals surface area contributed by atoms with Gasteiger partial charge in [0.1, 0.15) is 0 Å². The van der Waals surface area contributed by atoms with Gasteiger partial charge >= 0.3 is 0 Å². The van der Waals surface area contributed by atoms with Crippen LogP contribution in [0.1, 0.15) is 37.3 Å². The van der Waals surface area contributed by atoms with Gasteiger partial charge in [0.15, 0.2) is 11.5 Å². The lowest BCUT2D eigenvalue weighted by molar-refractivity contribution is -0.106. The summed E-state index contributed by atoms with van der Waals surface area (Å²) in [5.74, 6) is 3.29. The zero-order chi connectivity index (χ0) is 26.2. The monoisotopic (exact) mass is 509 g/mol. The highest BCUT2D eigenvalue weighted by molar-refractivity contribution is 8.13. The molecule has 36 heavy (non-hydrogen) atoms.